The van der Waals surface area contributed by atoms with Gasteiger partial charge >= 0.3 is 0 Å². The van der Waals surface area contributed by atoms with Crippen LogP contribution in [0.15, 0.2) is 60.5 Å². The number of hydrogen-bond acceptors (Lipinski definition) is 5. The maximum atomic E-state index is 13.2. The summed E-state index contributed by atoms with van der Waals surface area (Å²) in [5.74, 6) is 0.0744. The summed E-state index contributed by atoms with van der Waals surface area (Å²) in [4.78, 5) is 21.9. The number of pyridine rings is 1. The van der Waals surface area contributed by atoms with Gasteiger partial charge in [-0.1, -0.05) is 12.1 Å². The van der Waals surface area contributed by atoms with Crippen LogP contribution in [0.3, 0.4) is 0 Å². The Kier molecular flexibility index (Phi) is 5.91. The first-order valence-electron chi connectivity index (χ1n) is 11.6. The normalized spacial score (nSPS) is 16.7. The molecular weight excluding hydrogens is 424 g/mol. The molecule has 172 valence electrons. The second-order valence-electron chi connectivity index (χ2n) is 8.89. The highest BCUT2D eigenvalue weighted by Gasteiger charge is 2.22. The standard InChI is InChI=1S/C27H28N6O/c1-29-24-15-21(7-9-23(24)27(34)32-13-11-31(2)12-14-32)22-8-10-26-30-17-25(33(26)18-22)20-5-3-19(16-28)4-6-20/h3,5,7-10,15,17-18,29H,4,6,11-14H2,1-2H3. The molecule has 1 fully saturated rings. The summed E-state index contributed by atoms with van der Waals surface area (Å²) in [5, 5.41) is 12.3. The molecule has 0 atom stereocenters. The van der Waals surface area contributed by atoms with Gasteiger partial charge in [-0.3, -0.25) is 9.20 Å². The molecule has 1 amide bonds. The van der Waals surface area contributed by atoms with Crippen LogP contribution in [0.5, 0.6) is 0 Å². The second-order valence-corrected chi connectivity index (χ2v) is 8.89. The number of anilines is 1. The van der Waals surface area contributed by atoms with Gasteiger partial charge in [0.05, 0.1) is 23.5 Å². The van der Waals surface area contributed by atoms with E-state index in [-0.39, 0.29) is 5.91 Å². The third kappa shape index (κ3) is 4.09. The Labute approximate surface area is 199 Å². The van der Waals surface area contributed by atoms with Crippen molar-refractivity contribution >= 4 is 22.8 Å². The first kappa shape index (κ1) is 21.9. The maximum absolute atomic E-state index is 13.2. The van der Waals surface area contributed by atoms with Crippen molar-refractivity contribution in [1.29, 1.82) is 5.26 Å². The largest absolute Gasteiger partial charge is 0.387 e. The molecule has 34 heavy (non-hydrogen) atoms. The highest BCUT2D eigenvalue weighted by molar-refractivity contribution is 6.00. The van der Waals surface area contributed by atoms with Gasteiger partial charge in [0, 0.05) is 50.7 Å². The van der Waals surface area contributed by atoms with Crippen LogP contribution in [-0.4, -0.2) is 65.4 Å². The molecule has 0 spiro atoms. The van der Waals surface area contributed by atoms with Crippen molar-refractivity contribution in [2.75, 3.05) is 45.6 Å². The number of nitrogens with one attached hydrogen (secondary N) is 1. The number of carbonyl (C=O) groups is 1. The highest BCUT2D eigenvalue weighted by atomic mass is 16.2. The summed E-state index contributed by atoms with van der Waals surface area (Å²) >= 11 is 0. The fourth-order valence-corrected chi connectivity index (χ4v) is 4.63. The average molecular weight is 453 g/mol. The molecule has 1 aliphatic heterocycles. The molecule has 3 aromatic rings. The Bertz CT molecular complexity index is 1350. The predicted octanol–water partition coefficient (Wildman–Crippen LogP) is 4.06. The monoisotopic (exact) mass is 452 g/mol. The summed E-state index contributed by atoms with van der Waals surface area (Å²) in [6, 6.07) is 12.3. The van der Waals surface area contributed by atoms with E-state index in [4.69, 9.17) is 5.26 Å². The van der Waals surface area contributed by atoms with Crippen molar-refractivity contribution in [2.45, 2.75) is 12.8 Å². The lowest BCUT2D eigenvalue weighted by Crippen LogP contribution is -2.47. The minimum Gasteiger partial charge on any atom is -0.387 e. The number of amides is 1. The lowest BCUT2D eigenvalue weighted by molar-refractivity contribution is 0.0665. The second kappa shape index (κ2) is 9.16. The van der Waals surface area contributed by atoms with Crippen LogP contribution in [0.2, 0.25) is 0 Å². The van der Waals surface area contributed by atoms with Crippen molar-refractivity contribution in [3.8, 4) is 17.2 Å². The van der Waals surface area contributed by atoms with Crippen LogP contribution >= 0.6 is 0 Å². The number of fused-ring (bicyclic) bond motifs is 1. The van der Waals surface area contributed by atoms with E-state index in [2.05, 4.69) is 45.0 Å². The van der Waals surface area contributed by atoms with Crippen molar-refractivity contribution < 1.29 is 4.79 Å². The predicted molar refractivity (Wildman–Crippen MR) is 134 cm³/mol. The van der Waals surface area contributed by atoms with Crippen LogP contribution < -0.4 is 5.32 Å². The zero-order chi connectivity index (χ0) is 23.7. The number of benzene rings is 1. The molecule has 1 N–H and O–H groups in total. The highest BCUT2D eigenvalue weighted by Crippen LogP contribution is 2.30. The van der Waals surface area contributed by atoms with Crippen LogP contribution in [0.1, 0.15) is 28.9 Å². The van der Waals surface area contributed by atoms with Crippen molar-refractivity contribution in [3.63, 3.8) is 0 Å². The summed E-state index contributed by atoms with van der Waals surface area (Å²) in [6.45, 7) is 3.30. The number of piperazine rings is 1. The molecule has 0 saturated carbocycles. The van der Waals surface area contributed by atoms with E-state index in [0.29, 0.717) is 5.56 Å². The first-order valence-corrected chi connectivity index (χ1v) is 11.6. The quantitative estimate of drug-likeness (QED) is 0.646. The van der Waals surface area contributed by atoms with Crippen LogP contribution in [0, 0.1) is 11.3 Å². The van der Waals surface area contributed by atoms with Gasteiger partial charge in [0.25, 0.3) is 5.91 Å². The zero-order valence-electron chi connectivity index (χ0n) is 19.6. The van der Waals surface area contributed by atoms with Crippen molar-refractivity contribution in [3.05, 3.63) is 71.7 Å². The van der Waals surface area contributed by atoms with E-state index in [1.54, 1.807) is 0 Å². The molecule has 1 aromatic carbocycles. The van der Waals surface area contributed by atoms with E-state index >= 15 is 0 Å². The number of allylic oxidation sites excluding steroid dienone is 4. The minimum absolute atomic E-state index is 0.0744. The van der Waals surface area contributed by atoms with Gasteiger partial charge in [-0.25, -0.2) is 4.98 Å². The van der Waals surface area contributed by atoms with Gasteiger partial charge in [0.15, 0.2) is 0 Å². The summed E-state index contributed by atoms with van der Waals surface area (Å²) in [7, 11) is 3.94. The molecular formula is C27H28N6O. The lowest BCUT2D eigenvalue weighted by atomic mass is 9.97. The maximum Gasteiger partial charge on any atom is 0.256 e. The van der Waals surface area contributed by atoms with Crippen molar-refractivity contribution in [1.82, 2.24) is 19.2 Å². The molecule has 7 nitrogen and oxygen atoms in total. The molecule has 5 rings (SSSR count). The third-order valence-corrected chi connectivity index (χ3v) is 6.77. The molecule has 0 unspecified atom stereocenters. The van der Waals surface area contributed by atoms with Crippen molar-refractivity contribution in [2.24, 2.45) is 0 Å². The number of nitriles is 1. The SMILES string of the molecule is CNc1cc(-c2ccc3ncc(C4=CC=C(C#N)CC4)n3c2)ccc1C(=O)N1CCN(C)CC1. The smallest absolute Gasteiger partial charge is 0.256 e. The fourth-order valence-electron chi connectivity index (χ4n) is 4.63. The molecule has 0 radical (unpaired) electrons. The van der Waals surface area contributed by atoms with E-state index in [1.165, 1.54) is 5.57 Å². The fraction of sp³-hybridized carbons (Fsp3) is 0.296. The van der Waals surface area contributed by atoms with Crippen LogP contribution in [0.4, 0.5) is 5.69 Å². The zero-order valence-corrected chi connectivity index (χ0v) is 19.6. The average Bonchev–Trinajstić information content (AvgIpc) is 3.31. The van der Waals surface area contributed by atoms with E-state index < -0.39 is 0 Å². The Balaban J connectivity index is 1.47. The number of aromatic nitrogens is 2. The molecule has 1 saturated heterocycles. The molecule has 2 aliphatic rings. The topological polar surface area (TPSA) is 76.7 Å². The molecule has 7 heteroatoms. The Morgan fingerprint density at radius 2 is 1.85 bits per heavy atom. The van der Waals surface area contributed by atoms with Gasteiger partial charge in [-0.15, -0.1) is 0 Å². The van der Waals surface area contributed by atoms with E-state index in [9.17, 15) is 4.79 Å². The number of hydrogen-bond donors (Lipinski definition) is 1. The van der Waals surface area contributed by atoms with Gasteiger partial charge in [-0.2, -0.15) is 5.26 Å². The number of carbonyl (C=O) groups excluding carboxylic acids is 1. The van der Waals surface area contributed by atoms with E-state index in [1.807, 2.05) is 54.6 Å². The van der Waals surface area contributed by atoms with Gasteiger partial charge in [0.2, 0.25) is 0 Å². The number of nitrogens with zero attached hydrogens (tertiary/aromatic N) is 5. The van der Waals surface area contributed by atoms with Gasteiger partial charge in [-0.05, 0) is 66.9 Å². The minimum atomic E-state index is 0.0744. The van der Waals surface area contributed by atoms with Crippen LogP contribution in [0.25, 0.3) is 22.3 Å². The Morgan fingerprint density at radius 1 is 1.06 bits per heavy atom. The first-order chi connectivity index (χ1) is 16.6. The summed E-state index contributed by atoms with van der Waals surface area (Å²) in [6.07, 6.45) is 9.49. The summed E-state index contributed by atoms with van der Waals surface area (Å²) in [5.41, 5.74) is 7.52. The Morgan fingerprint density at radius 3 is 2.56 bits per heavy atom. The van der Waals surface area contributed by atoms with Crippen LogP contribution in [-0.2, 0) is 0 Å². The van der Waals surface area contributed by atoms with Gasteiger partial charge in [0.1, 0.15) is 5.65 Å². The molecule has 0 bridgehead atoms. The third-order valence-electron chi connectivity index (χ3n) is 6.77. The molecule has 1 aliphatic carbocycles. The molecule has 3 heterocycles. The molecule has 2 aromatic heterocycles. The Hall–Kier alpha value is -3.89. The van der Waals surface area contributed by atoms with Gasteiger partial charge < -0.3 is 15.1 Å². The number of imidazole rings is 1. The number of likely N-dealkylation sites (N-methyl/N-ethyl adjacent to an activating group) is 1. The lowest BCUT2D eigenvalue weighted by Gasteiger charge is -2.32. The van der Waals surface area contributed by atoms with E-state index in [0.717, 1.165) is 72.7 Å². The number of rotatable bonds is 4. The summed E-state index contributed by atoms with van der Waals surface area (Å²) < 4.78 is 2.11.